The molecule has 0 unspecified atom stereocenters. The Bertz CT molecular complexity index is 185. The van der Waals surface area contributed by atoms with Crippen molar-refractivity contribution in [2.45, 2.75) is 33.2 Å². The highest BCUT2D eigenvalue weighted by Crippen LogP contribution is 2.04. The molecule has 0 saturated heterocycles. The smallest absolute Gasteiger partial charge is 0.237 e. The molecular formula is C11H25N3O. The summed E-state index contributed by atoms with van der Waals surface area (Å²) in [5.74, 6) is 0.211. The molecule has 1 amide bonds. The summed E-state index contributed by atoms with van der Waals surface area (Å²) in [6.07, 6.45) is 0.934. The third-order valence-electron chi connectivity index (χ3n) is 2.89. The van der Waals surface area contributed by atoms with Crippen molar-refractivity contribution in [1.82, 2.24) is 10.2 Å². The average Bonchev–Trinajstić information content (AvgIpc) is 2.26. The van der Waals surface area contributed by atoms with Crippen LogP contribution in [0.4, 0.5) is 0 Å². The lowest BCUT2D eigenvalue weighted by Gasteiger charge is -2.19. The van der Waals surface area contributed by atoms with E-state index in [0.29, 0.717) is 6.54 Å². The molecule has 0 aromatic heterocycles. The molecule has 0 rings (SSSR count). The third-order valence-corrected chi connectivity index (χ3v) is 2.89. The predicted octanol–water partition coefficient (Wildman–Crippen LogP) is 0.428. The Hall–Kier alpha value is -0.610. The number of hydrogen-bond acceptors (Lipinski definition) is 3. The van der Waals surface area contributed by atoms with E-state index in [-0.39, 0.29) is 17.9 Å². The molecule has 0 radical (unpaired) electrons. The molecular weight excluding hydrogens is 190 g/mol. The summed E-state index contributed by atoms with van der Waals surface area (Å²) in [4.78, 5) is 13.7. The first-order valence-corrected chi connectivity index (χ1v) is 5.74. The fourth-order valence-corrected chi connectivity index (χ4v) is 1.16. The predicted molar refractivity (Wildman–Crippen MR) is 63.6 cm³/mol. The van der Waals surface area contributed by atoms with Gasteiger partial charge < -0.3 is 16.0 Å². The minimum absolute atomic E-state index is 0.0335. The van der Waals surface area contributed by atoms with Crippen LogP contribution in [0.3, 0.4) is 0 Å². The number of hydrogen-bond donors (Lipinski definition) is 2. The molecule has 0 bridgehead atoms. The van der Waals surface area contributed by atoms with Crippen molar-refractivity contribution in [3.63, 3.8) is 0 Å². The van der Waals surface area contributed by atoms with Crippen LogP contribution in [0.25, 0.3) is 0 Å². The zero-order chi connectivity index (χ0) is 11.8. The first kappa shape index (κ1) is 14.4. The van der Waals surface area contributed by atoms with Crippen molar-refractivity contribution < 1.29 is 4.79 Å². The van der Waals surface area contributed by atoms with E-state index >= 15 is 0 Å². The lowest BCUT2D eigenvalue weighted by atomic mass is 9.99. The molecule has 2 atom stereocenters. The highest BCUT2D eigenvalue weighted by Gasteiger charge is 2.18. The zero-order valence-corrected chi connectivity index (χ0v) is 10.4. The van der Waals surface area contributed by atoms with E-state index in [2.05, 4.69) is 17.1 Å². The van der Waals surface area contributed by atoms with Crippen LogP contribution < -0.4 is 11.1 Å². The third kappa shape index (κ3) is 5.74. The summed E-state index contributed by atoms with van der Waals surface area (Å²) in [5, 5.41) is 2.86. The average molecular weight is 215 g/mol. The van der Waals surface area contributed by atoms with E-state index in [1.165, 1.54) is 0 Å². The van der Waals surface area contributed by atoms with E-state index in [0.717, 1.165) is 19.5 Å². The second-order valence-electron chi connectivity index (χ2n) is 4.10. The SMILES string of the molecule is CC[C@H](C)[C@H](N)C(=O)NCCN(C)CC. The van der Waals surface area contributed by atoms with Crippen molar-refractivity contribution in [2.24, 2.45) is 11.7 Å². The normalized spacial score (nSPS) is 15.1. The van der Waals surface area contributed by atoms with Gasteiger partial charge in [0.1, 0.15) is 0 Å². The first-order valence-electron chi connectivity index (χ1n) is 5.74. The van der Waals surface area contributed by atoms with Crippen LogP contribution in [0.1, 0.15) is 27.2 Å². The molecule has 3 N–H and O–H groups in total. The number of nitrogens with two attached hydrogens (primary N) is 1. The molecule has 0 aliphatic rings. The quantitative estimate of drug-likeness (QED) is 0.647. The summed E-state index contributed by atoms with van der Waals surface area (Å²) < 4.78 is 0. The highest BCUT2D eigenvalue weighted by molar-refractivity contribution is 5.81. The van der Waals surface area contributed by atoms with Crippen LogP contribution in [0.2, 0.25) is 0 Å². The van der Waals surface area contributed by atoms with E-state index in [9.17, 15) is 4.79 Å². The number of carbonyl (C=O) groups excluding carboxylic acids is 1. The minimum atomic E-state index is -0.373. The lowest BCUT2D eigenvalue weighted by molar-refractivity contribution is -0.123. The van der Waals surface area contributed by atoms with Crippen LogP contribution in [-0.2, 0) is 4.79 Å². The molecule has 0 heterocycles. The highest BCUT2D eigenvalue weighted by atomic mass is 16.2. The lowest BCUT2D eigenvalue weighted by Crippen LogP contribution is -2.46. The van der Waals surface area contributed by atoms with Crippen molar-refractivity contribution >= 4 is 5.91 Å². The second-order valence-corrected chi connectivity index (χ2v) is 4.10. The van der Waals surface area contributed by atoms with Gasteiger partial charge in [0.05, 0.1) is 6.04 Å². The molecule has 0 aliphatic carbocycles. The Kier molecular flexibility index (Phi) is 7.34. The fourth-order valence-electron chi connectivity index (χ4n) is 1.16. The first-order chi connectivity index (χ1) is 7.02. The van der Waals surface area contributed by atoms with Gasteiger partial charge in [0.15, 0.2) is 0 Å². The number of rotatable bonds is 7. The monoisotopic (exact) mass is 215 g/mol. The largest absolute Gasteiger partial charge is 0.353 e. The maximum Gasteiger partial charge on any atom is 0.237 e. The van der Waals surface area contributed by atoms with Gasteiger partial charge in [-0.15, -0.1) is 0 Å². The molecule has 0 aliphatic heterocycles. The second kappa shape index (κ2) is 7.65. The van der Waals surface area contributed by atoms with Gasteiger partial charge in [-0.2, -0.15) is 0 Å². The summed E-state index contributed by atoms with van der Waals surface area (Å²) in [6, 6.07) is -0.373. The van der Waals surface area contributed by atoms with Crippen LogP contribution in [0.15, 0.2) is 0 Å². The Morgan fingerprint density at radius 3 is 2.53 bits per heavy atom. The van der Waals surface area contributed by atoms with Crippen LogP contribution >= 0.6 is 0 Å². The molecule has 0 aromatic rings. The zero-order valence-electron chi connectivity index (χ0n) is 10.4. The summed E-state index contributed by atoms with van der Waals surface area (Å²) in [7, 11) is 2.03. The van der Waals surface area contributed by atoms with E-state index in [4.69, 9.17) is 5.73 Å². The molecule has 90 valence electrons. The topological polar surface area (TPSA) is 58.4 Å². The Labute approximate surface area is 93.2 Å². The van der Waals surface area contributed by atoms with Crippen molar-refractivity contribution in [3.8, 4) is 0 Å². The van der Waals surface area contributed by atoms with Crippen molar-refractivity contribution in [3.05, 3.63) is 0 Å². The molecule has 0 spiro atoms. The van der Waals surface area contributed by atoms with Gasteiger partial charge >= 0.3 is 0 Å². The minimum Gasteiger partial charge on any atom is -0.353 e. The van der Waals surface area contributed by atoms with Crippen LogP contribution in [-0.4, -0.2) is 43.5 Å². The number of amides is 1. The van der Waals surface area contributed by atoms with Crippen LogP contribution in [0.5, 0.6) is 0 Å². The molecule has 4 nitrogen and oxygen atoms in total. The van der Waals surface area contributed by atoms with Gasteiger partial charge in [-0.3, -0.25) is 4.79 Å². The van der Waals surface area contributed by atoms with Gasteiger partial charge in [-0.05, 0) is 19.5 Å². The summed E-state index contributed by atoms with van der Waals surface area (Å²) >= 11 is 0. The number of carbonyl (C=O) groups is 1. The van der Waals surface area contributed by atoms with Gasteiger partial charge in [-0.1, -0.05) is 27.2 Å². The number of likely N-dealkylation sites (N-methyl/N-ethyl adjacent to an activating group) is 1. The molecule has 0 aromatic carbocycles. The molecule has 4 heteroatoms. The molecule has 0 fully saturated rings. The maximum atomic E-state index is 11.6. The number of nitrogens with zero attached hydrogens (tertiary/aromatic N) is 1. The standard InChI is InChI=1S/C11H25N3O/c1-5-9(3)10(12)11(15)13-7-8-14(4)6-2/h9-10H,5-8,12H2,1-4H3,(H,13,15)/t9-,10-/m0/s1. The molecule has 0 saturated carbocycles. The fraction of sp³-hybridized carbons (Fsp3) is 0.909. The summed E-state index contributed by atoms with van der Waals surface area (Å²) in [5.41, 5.74) is 5.79. The number of nitrogens with one attached hydrogen (secondary N) is 1. The van der Waals surface area contributed by atoms with Crippen molar-refractivity contribution in [2.75, 3.05) is 26.7 Å². The van der Waals surface area contributed by atoms with Gasteiger partial charge in [-0.25, -0.2) is 0 Å². The Morgan fingerprint density at radius 1 is 1.47 bits per heavy atom. The van der Waals surface area contributed by atoms with E-state index in [1.54, 1.807) is 0 Å². The van der Waals surface area contributed by atoms with Crippen molar-refractivity contribution in [1.29, 1.82) is 0 Å². The van der Waals surface area contributed by atoms with Gasteiger partial charge in [0.25, 0.3) is 0 Å². The van der Waals surface area contributed by atoms with E-state index < -0.39 is 0 Å². The maximum absolute atomic E-state index is 11.6. The Balaban J connectivity index is 3.74. The van der Waals surface area contributed by atoms with Crippen LogP contribution in [0, 0.1) is 5.92 Å². The van der Waals surface area contributed by atoms with E-state index in [1.807, 2.05) is 20.9 Å². The van der Waals surface area contributed by atoms with Gasteiger partial charge in [0, 0.05) is 13.1 Å². The molecule has 15 heavy (non-hydrogen) atoms. The van der Waals surface area contributed by atoms with Gasteiger partial charge in [0.2, 0.25) is 5.91 Å². The Morgan fingerprint density at radius 2 is 2.07 bits per heavy atom. The summed E-state index contributed by atoms with van der Waals surface area (Å²) in [6.45, 7) is 8.67.